The molecule has 0 bridgehead atoms. The van der Waals surface area contributed by atoms with Gasteiger partial charge in [0, 0.05) is 12.2 Å². The van der Waals surface area contributed by atoms with Gasteiger partial charge >= 0.3 is 6.18 Å². The van der Waals surface area contributed by atoms with Crippen LogP contribution in [0.1, 0.15) is 24.5 Å². The van der Waals surface area contributed by atoms with Crippen molar-refractivity contribution in [1.82, 2.24) is 0 Å². The van der Waals surface area contributed by atoms with Crippen molar-refractivity contribution in [2.75, 3.05) is 11.9 Å². The summed E-state index contributed by atoms with van der Waals surface area (Å²) >= 11 is 0. The van der Waals surface area contributed by atoms with Gasteiger partial charge in [0.15, 0.2) is 5.96 Å². The molecule has 0 aliphatic heterocycles. The molecule has 0 aliphatic rings. The van der Waals surface area contributed by atoms with Crippen LogP contribution in [0.15, 0.2) is 23.2 Å². The van der Waals surface area contributed by atoms with E-state index in [0.29, 0.717) is 6.54 Å². The molecule has 1 aromatic carbocycles. The summed E-state index contributed by atoms with van der Waals surface area (Å²) in [7, 11) is 0. The molecule has 0 saturated heterocycles. The van der Waals surface area contributed by atoms with E-state index in [-0.39, 0.29) is 17.2 Å². The Morgan fingerprint density at radius 1 is 1.39 bits per heavy atom. The van der Waals surface area contributed by atoms with Crippen LogP contribution in [0, 0.1) is 6.92 Å². The van der Waals surface area contributed by atoms with E-state index < -0.39 is 11.7 Å². The van der Waals surface area contributed by atoms with Crippen LogP contribution in [0.5, 0.6) is 0 Å². The lowest BCUT2D eigenvalue weighted by Crippen LogP contribution is -2.23. The molecule has 18 heavy (non-hydrogen) atoms. The zero-order valence-corrected chi connectivity index (χ0v) is 10.3. The van der Waals surface area contributed by atoms with Crippen molar-refractivity contribution in [3.63, 3.8) is 0 Å². The Kier molecular flexibility index (Phi) is 4.58. The maximum atomic E-state index is 12.7. The van der Waals surface area contributed by atoms with Crippen LogP contribution in [0.2, 0.25) is 0 Å². The SMILES string of the molecule is CCCN=C(N)Nc1ccc(C)c(C(F)(F)F)c1. The van der Waals surface area contributed by atoms with Gasteiger partial charge in [0.1, 0.15) is 0 Å². The Morgan fingerprint density at radius 3 is 2.61 bits per heavy atom. The highest BCUT2D eigenvalue weighted by molar-refractivity contribution is 5.92. The monoisotopic (exact) mass is 259 g/mol. The molecule has 0 aromatic heterocycles. The standard InChI is InChI=1S/C12H16F3N3/c1-3-6-17-11(16)18-9-5-4-8(2)10(7-9)12(13,14)15/h4-5,7H,3,6H2,1-2H3,(H3,16,17,18). The van der Waals surface area contributed by atoms with Crippen LogP contribution in [0.3, 0.4) is 0 Å². The molecule has 0 atom stereocenters. The largest absolute Gasteiger partial charge is 0.416 e. The number of hydrogen-bond acceptors (Lipinski definition) is 1. The molecular formula is C12H16F3N3. The van der Waals surface area contributed by atoms with Crippen molar-refractivity contribution < 1.29 is 13.2 Å². The molecule has 6 heteroatoms. The zero-order valence-electron chi connectivity index (χ0n) is 10.3. The molecule has 3 nitrogen and oxygen atoms in total. The molecule has 0 saturated carbocycles. The molecule has 0 amide bonds. The fourth-order valence-corrected chi connectivity index (χ4v) is 1.42. The average Bonchev–Trinajstić information content (AvgIpc) is 2.27. The van der Waals surface area contributed by atoms with Crippen molar-refractivity contribution in [3.05, 3.63) is 29.3 Å². The smallest absolute Gasteiger partial charge is 0.370 e. The quantitative estimate of drug-likeness (QED) is 0.647. The Bertz CT molecular complexity index is 439. The Hall–Kier alpha value is -1.72. The van der Waals surface area contributed by atoms with Gasteiger partial charge in [0.2, 0.25) is 0 Å². The lowest BCUT2D eigenvalue weighted by atomic mass is 10.1. The average molecular weight is 259 g/mol. The third-order valence-electron chi connectivity index (χ3n) is 2.32. The van der Waals surface area contributed by atoms with E-state index in [1.807, 2.05) is 6.92 Å². The molecule has 1 aromatic rings. The van der Waals surface area contributed by atoms with E-state index in [9.17, 15) is 13.2 Å². The van der Waals surface area contributed by atoms with Gasteiger partial charge in [-0.1, -0.05) is 13.0 Å². The number of halogens is 3. The third-order valence-corrected chi connectivity index (χ3v) is 2.32. The van der Waals surface area contributed by atoms with Crippen LogP contribution < -0.4 is 11.1 Å². The number of aliphatic imine (C=N–C) groups is 1. The second-order valence-corrected chi connectivity index (χ2v) is 3.92. The van der Waals surface area contributed by atoms with Crippen LogP contribution in [-0.2, 0) is 6.18 Å². The van der Waals surface area contributed by atoms with Crippen molar-refractivity contribution >= 4 is 11.6 Å². The Labute approximate surface area is 104 Å². The molecule has 0 aliphatic carbocycles. The summed E-state index contributed by atoms with van der Waals surface area (Å²) in [5.74, 6) is 0.119. The minimum atomic E-state index is -4.36. The second-order valence-electron chi connectivity index (χ2n) is 3.92. The van der Waals surface area contributed by atoms with Gasteiger partial charge in [0.05, 0.1) is 5.56 Å². The highest BCUT2D eigenvalue weighted by atomic mass is 19.4. The summed E-state index contributed by atoms with van der Waals surface area (Å²) < 4.78 is 38.0. The number of nitrogens with zero attached hydrogens (tertiary/aromatic N) is 1. The number of nitrogens with two attached hydrogens (primary N) is 1. The van der Waals surface area contributed by atoms with Gasteiger partial charge in [-0.05, 0) is 31.0 Å². The van der Waals surface area contributed by atoms with Crippen LogP contribution in [-0.4, -0.2) is 12.5 Å². The maximum absolute atomic E-state index is 12.7. The molecule has 100 valence electrons. The number of benzene rings is 1. The minimum absolute atomic E-state index is 0.119. The molecule has 1 rings (SSSR count). The molecule has 0 unspecified atom stereocenters. The molecule has 0 fully saturated rings. The van der Waals surface area contributed by atoms with Crippen LogP contribution >= 0.6 is 0 Å². The lowest BCUT2D eigenvalue weighted by Gasteiger charge is -2.13. The van der Waals surface area contributed by atoms with Gasteiger partial charge < -0.3 is 11.1 Å². The molecular weight excluding hydrogens is 243 g/mol. The van der Waals surface area contributed by atoms with E-state index in [2.05, 4.69) is 10.3 Å². The first-order chi connectivity index (χ1) is 8.34. The maximum Gasteiger partial charge on any atom is 0.416 e. The fourth-order valence-electron chi connectivity index (χ4n) is 1.42. The number of hydrogen-bond donors (Lipinski definition) is 2. The number of alkyl halides is 3. The second kappa shape index (κ2) is 5.75. The van der Waals surface area contributed by atoms with Crippen molar-refractivity contribution in [2.24, 2.45) is 10.7 Å². The normalized spacial score (nSPS) is 12.6. The first kappa shape index (κ1) is 14.3. The van der Waals surface area contributed by atoms with Gasteiger partial charge in [-0.3, -0.25) is 4.99 Å². The van der Waals surface area contributed by atoms with E-state index >= 15 is 0 Å². The summed E-state index contributed by atoms with van der Waals surface area (Å²) in [6, 6.07) is 3.97. The summed E-state index contributed by atoms with van der Waals surface area (Å²) in [6.07, 6.45) is -3.54. The Balaban J connectivity index is 2.92. The van der Waals surface area contributed by atoms with E-state index in [1.54, 1.807) is 6.07 Å². The minimum Gasteiger partial charge on any atom is -0.370 e. The van der Waals surface area contributed by atoms with E-state index in [0.717, 1.165) is 12.5 Å². The molecule has 0 heterocycles. The summed E-state index contributed by atoms with van der Waals surface area (Å²) in [5, 5.41) is 2.64. The number of aryl methyl sites for hydroxylation is 1. The van der Waals surface area contributed by atoms with Crippen molar-refractivity contribution in [3.8, 4) is 0 Å². The summed E-state index contributed by atoms with van der Waals surface area (Å²) in [5.41, 5.74) is 5.34. The van der Waals surface area contributed by atoms with Gasteiger partial charge in [-0.2, -0.15) is 13.2 Å². The van der Waals surface area contributed by atoms with E-state index in [1.165, 1.54) is 13.0 Å². The topological polar surface area (TPSA) is 50.4 Å². The molecule has 0 radical (unpaired) electrons. The number of nitrogens with one attached hydrogen (secondary N) is 1. The zero-order chi connectivity index (χ0) is 13.8. The molecule has 0 spiro atoms. The predicted molar refractivity (Wildman–Crippen MR) is 66.6 cm³/mol. The van der Waals surface area contributed by atoms with E-state index in [4.69, 9.17) is 5.73 Å². The third kappa shape index (κ3) is 3.94. The predicted octanol–water partition coefficient (Wildman–Crippen LogP) is 3.15. The Morgan fingerprint density at radius 2 is 2.06 bits per heavy atom. The number of rotatable bonds is 3. The number of anilines is 1. The molecule has 3 N–H and O–H groups in total. The van der Waals surface area contributed by atoms with Crippen molar-refractivity contribution in [2.45, 2.75) is 26.4 Å². The first-order valence-corrected chi connectivity index (χ1v) is 5.59. The van der Waals surface area contributed by atoms with Gasteiger partial charge in [-0.15, -0.1) is 0 Å². The highest BCUT2D eigenvalue weighted by Crippen LogP contribution is 2.33. The van der Waals surface area contributed by atoms with Crippen molar-refractivity contribution in [1.29, 1.82) is 0 Å². The summed E-state index contributed by atoms with van der Waals surface area (Å²) in [4.78, 5) is 3.95. The van der Waals surface area contributed by atoms with Crippen LogP contribution in [0.4, 0.5) is 18.9 Å². The highest BCUT2D eigenvalue weighted by Gasteiger charge is 2.32. The lowest BCUT2D eigenvalue weighted by molar-refractivity contribution is -0.138. The van der Waals surface area contributed by atoms with Crippen LogP contribution in [0.25, 0.3) is 0 Å². The fraction of sp³-hybridized carbons (Fsp3) is 0.417. The summed E-state index contributed by atoms with van der Waals surface area (Å²) in [6.45, 7) is 3.89. The van der Waals surface area contributed by atoms with Gasteiger partial charge in [-0.25, -0.2) is 0 Å². The van der Waals surface area contributed by atoms with Gasteiger partial charge in [0.25, 0.3) is 0 Å². The number of guanidine groups is 1. The first-order valence-electron chi connectivity index (χ1n) is 5.59.